The maximum Gasteiger partial charge on any atom is 0.282 e. The summed E-state index contributed by atoms with van der Waals surface area (Å²) in [4.78, 5) is 12.4. The van der Waals surface area contributed by atoms with Crippen LogP contribution in [0.25, 0.3) is 0 Å². The van der Waals surface area contributed by atoms with E-state index in [1.807, 2.05) is 6.07 Å². The Morgan fingerprint density at radius 2 is 1.89 bits per heavy atom. The molecule has 0 aliphatic carbocycles. The minimum atomic E-state index is -3.75. The maximum absolute atomic E-state index is 12.9. The molecule has 0 aromatic heterocycles. The summed E-state index contributed by atoms with van der Waals surface area (Å²) in [5, 5.41) is 3.27. The van der Waals surface area contributed by atoms with Crippen LogP contribution in [-0.2, 0) is 21.5 Å². The van der Waals surface area contributed by atoms with Gasteiger partial charge in [-0.2, -0.15) is 17.0 Å². The van der Waals surface area contributed by atoms with Gasteiger partial charge in [-0.3, -0.25) is 4.79 Å². The van der Waals surface area contributed by atoms with Crippen molar-refractivity contribution in [2.24, 2.45) is 0 Å². The van der Waals surface area contributed by atoms with Gasteiger partial charge in [0.2, 0.25) is 5.91 Å². The number of para-hydroxylation sites is 2. The number of benzene rings is 2. The van der Waals surface area contributed by atoms with Gasteiger partial charge in [0.1, 0.15) is 5.75 Å². The zero-order chi connectivity index (χ0) is 20.1. The fourth-order valence-corrected chi connectivity index (χ4v) is 4.93. The molecule has 150 valence electrons. The normalized spacial score (nSPS) is 17.2. The average molecular weight is 424 g/mol. The molecule has 3 rings (SSSR count). The van der Waals surface area contributed by atoms with Crippen molar-refractivity contribution in [3.05, 3.63) is 59.1 Å². The number of hydrogen-bond donors (Lipinski definition) is 1. The number of halogens is 1. The lowest BCUT2D eigenvalue weighted by molar-refractivity contribution is -0.116. The van der Waals surface area contributed by atoms with Crippen molar-refractivity contribution in [3.8, 4) is 5.75 Å². The fourth-order valence-electron chi connectivity index (χ4n) is 3.08. The predicted molar refractivity (Wildman–Crippen MR) is 109 cm³/mol. The Balaban J connectivity index is 1.69. The fraction of sp³-hybridized carbons (Fsp3) is 0.316. The SMILES string of the molecule is COc1ccccc1NC(=O)CN1CCCN(Cc2cccc(Cl)c2)S1(=O)=O. The van der Waals surface area contributed by atoms with E-state index >= 15 is 0 Å². The third-order valence-electron chi connectivity index (χ3n) is 4.42. The van der Waals surface area contributed by atoms with E-state index in [2.05, 4.69) is 5.32 Å². The molecule has 9 heteroatoms. The summed E-state index contributed by atoms with van der Waals surface area (Å²) in [6.07, 6.45) is 0.641. The van der Waals surface area contributed by atoms with Crippen LogP contribution in [0.1, 0.15) is 12.0 Å². The van der Waals surface area contributed by atoms with Crippen LogP contribution >= 0.6 is 11.6 Å². The summed E-state index contributed by atoms with van der Waals surface area (Å²) in [7, 11) is -2.24. The second-order valence-electron chi connectivity index (χ2n) is 6.41. The molecule has 1 aliphatic heterocycles. The maximum atomic E-state index is 12.9. The highest BCUT2D eigenvalue weighted by Crippen LogP contribution is 2.24. The molecule has 0 spiro atoms. The molecule has 1 amide bonds. The molecule has 0 unspecified atom stereocenters. The topological polar surface area (TPSA) is 79.0 Å². The number of nitrogens with one attached hydrogen (secondary N) is 1. The van der Waals surface area contributed by atoms with E-state index < -0.39 is 16.1 Å². The van der Waals surface area contributed by atoms with E-state index in [-0.39, 0.29) is 13.1 Å². The van der Waals surface area contributed by atoms with Crippen LogP contribution in [0.5, 0.6) is 5.75 Å². The Kier molecular flexibility index (Phi) is 6.56. The molecule has 0 saturated carbocycles. The first-order valence-electron chi connectivity index (χ1n) is 8.82. The molecule has 1 N–H and O–H groups in total. The Labute approximate surface area is 170 Å². The van der Waals surface area contributed by atoms with E-state index in [4.69, 9.17) is 16.3 Å². The number of hydrogen-bond acceptors (Lipinski definition) is 4. The third kappa shape index (κ3) is 4.82. The van der Waals surface area contributed by atoms with Gasteiger partial charge in [0, 0.05) is 24.7 Å². The smallest absolute Gasteiger partial charge is 0.282 e. The molecule has 2 aromatic carbocycles. The van der Waals surface area contributed by atoms with Crippen molar-refractivity contribution in [2.75, 3.05) is 32.1 Å². The first-order chi connectivity index (χ1) is 13.4. The molecule has 1 saturated heterocycles. The number of rotatable bonds is 6. The molecule has 28 heavy (non-hydrogen) atoms. The Morgan fingerprint density at radius 3 is 2.64 bits per heavy atom. The van der Waals surface area contributed by atoms with Crippen molar-refractivity contribution in [2.45, 2.75) is 13.0 Å². The summed E-state index contributed by atoms with van der Waals surface area (Å²) < 4.78 is 33.6. The third-order valence-corrected chi connectivity index (χ3v) is 6.58. The summed E-state index contributed by atoms with van der Waals surface area (Å²) in [6, 6.07) is 14.1. The number of anilines is 1. The van der Waals surface area contributed by atoms with Crippen molar-refractivity contribution in [1.82, 2.24) is 8.61 Å². The molecule has 2 aromatic rings. The minimum Gasteiger partial charge on any atom is -0.495 e. The highest BCUT2D eigenvalue weighted by molar-refractivity contribution is 7.86. The summed E-state index contributed by atoms with van der Waals surface area (Å²) in [5.74, 6) is 0.0950. The van der Waals surface area contributed by atoms with Gasteiger partial charge < -0.3 is 10.1 Å². The first kappa shape index (κ1) is 20.6. The van der Waals surface area contributed by atoms with Gasteiger partial charge in [0.15, 0.2) is 0 Å². The first-order valence-corrected chi connectivity index (χ1v) is 10.6. The number of nitrogens with zero attached hydrogens (tertiary/aromatic N) is 2. The van der Waals surface area contributed by atoms with Crippen molar-refractivity contribution in [3.63, 3.8) is 0 Å². The van der Waals surface area contributed by atoms with Crippen LogP contribution in [0, 0.1) is 0 Å². The number of amides is 1. The zero-order valence-electron chi connectivity index (χ0n) is 15.5. The molecule has 1 fully saturated rings. The predicted octanol–water partition coefficient (Wildman–Crippen LogP) is 2.74. The standard InChI is InChI=1S/C19H22ClN3O4S/c1-27-18-9-3-2-8-17(18)21-19(24)14-23-11-5-10-22(28(23,25)26)13-15-6-4-7-16(20)12-15/h2-4,6-9,12H,5,10-11,13-14H2,1H3,(H,21,24). The highest BCUT2D eigenvalue weighted by atomic mass is 35.5. The van der Waals surface area contributed by atoms with Gasteiger partial charge in [0.05, 0.1) is 19.3 Å². The Bertz CT molecular complexity index is 952. The van der Waals surface area contributed by atoms with Gasteiger partial charge in [-0.1, -0.05) is 35.9 Å². The molecule has 1 heterocycles. The van der Waals surface area contributed by atoms with Crippen LogP contribution in [0.2, 0.25) is 5.02 Å². The molecule has 7 nitrogen and oxygen atoms in total. The van der Waals surface area contributed by atoms with E-state index in [1.165, 1.54) is 15.7 Å². The van der Waals surface area contributed by atoms with Crippen LogP contribution in [0.15, 0.2) is 48.5 Å². The molecule has 0 radical (unpaired) electrons. The van der Waals surface area contributed by atoms with Crippen molar-refractivity contribution in [1.29, 1.82) is 0 Å². The van der Waals surface area contributed by atoms with Gasteiger partial charge in [-0.05, 0) is 36.2 Å². The summed E-state index contributed by atoms with van der Waals surface area (Å²) in [5.41, 5.74) is 1.30. The quantitative estimate of drug-likeness (QED) is 0.774. The summed E-state index contributed by atoms with van der Waals surface area (Å²) >= 11 is 5.99. The van der Waals surface area contributed by atoms with Gasteiger partial charge in [0.25, 0.3) is 10.2 Å². The van der Waals surface area contributed by atoms with Crippen molar-refractivity contribution < 1.29 is 17.9 Å². The molecular formula is C19H22ClN3O4S. The van der Waals surface area contributed by atoms with Crippen LogP contribution < -0.4 is 10.1 Å². The number of ether oxygens (including phenoxy) is 1. The van der Waals surface area contributed by atoms with Gasteiger partial charge in [-0.15, -0.1) is 0 Å². The Hall–Kier alpha value is -2.13. The van der Waals surface area contributed by atoms with Crippen LogP contribution in [0.3, 0.4) is 0 Å². The lowest BCUT2D eigenvalue weighted by Gasteiger charge is -2.34. The largest absolute Gasteiger partial charge is 0.495 e. The molecule has 1 aliphatic rings. The second kappa shape index (κ2) is 8.91. The molecule has 0 atom stereocenters. The number of carbonyl (C=O) groups excluding carboxylic acids is 1. The molecular weight excluding hydrogens is 402 g/mol. The summed E-state index contributed by atoms with van der Waals surface area (Å²) in [6.45, 7) is 0.660. The average Bonchev–Trinajstić information content (AvgIpc) is 2.66. The number of methoxy groups -OCH3 is 1. The second-order valence-corrected chi connectivity index (χ2v) is 8.77. The van der Waals surface area contributed by atoms with Crippen LogP contribution in [-0.4, -0.2) is 49.7 Å². The Morgan fingerprint density at radius 1 is 1.14 bits per heavy atom. The lowest BCUT2D eigenvalue weighted by atomic mass is 10.2. The number of carbonyl (C=O) groups is 1. The van der Waals surface area contributed by atoms with Crippen LogP contribution in [0.4, 0.5) is 5.69 Å². The van der Waals surface area contributed by atoms with E-state index in [9.17, 15) is 13.2 Å². The van der Waals surface area contributed by atoms with Crippen molar-refractivity contribution >= 4 is 33.4 Å². The van der Waals surface area contributed by atoms with Gasteiger partial charge >= 0.3 is 0 Å². The molecule has 0 bridgehead atoms. The highest BCUT2D eigenvalue weighted by Gasteiger charge is 2.34. The monoisotopic (exact) mass is 423 g/mol. The minimum absolute atomic E-state index is 0.216. The van der Waals surface area contributed by atoms with E-state index in [0.29, 0.717) is 36.0 Å². The van der Waals surface area contributed by atoms with E-state index in [0.717, 1.165) is 5.56 Å². The van der Waals surface area contributed by atoms with Gasteiger partial charge in [-0.25, -0.2) is 0 Å². The van der Waals surface area contributed by atoms with E-state index in [1.54, 1.807) is 42.5 Å². The zero-order valence-corrected chi connectivity index (χ0v) is 17.0. The lowest BCUT2D eigenvalue weighted by Crippen LogP contribution is -2.51.